The van der Waals surface area contributed by atoms with Crippen LogP contribution >= 0.6 is 11.6 Å². The summed E-state index contributed by atoms with van der Waals surface area (Å²) in [4.78, 5) is 14.2. The fourth-order valence-electron chi connectivity index (χ4n) is 7.53. The molecule has 1 N–H and O–H groups in total. The van der Waals surface area contributed by atoms with E-state index in [0.717, 1.165) is 48.3 Å². The Morgan fingerprint density at radius 3 is 2.70 bits per heavy atom. The van der Waals surface area contributed by atoms with Crippen molar-refractivity contribution in [1.29, 1.82) is 0 Å². The molecule has 7 atom stereocenters. The van der Waals surface area contributed by atoms with Gasteiger partial charge in [-0.1, -0.05) is 55.8 Å². The number of nitrogens with zero attached hydrogens (tertiary/aromatic N) is 1. The van der Waals surface area contributed by atoms with E-state index >= 15 is 0 Å². The third-order valence-electron chi connectivity index (χ3n) is 9.24. The largest absolute Gasteiger partial charge is 0.388 e. The van der Waals surface area contributed by atoms with Crippen molar-refractivity contribution in [2.24, 2.45) is 28.6 Å². The fraction of sp³-hybridized carbons (Fsp3) is 0.577. The summed E-state index contributed by atoms with van der Waals surface area (Å²) >= 11 is 6.40. The van der Waals surface area contributed by atoms with Crippen molar-refractivity contribution in [1.82, 2.24) is 4.90 Å². The molecule has 3 aliphatic carbocycles. The molecule has 1 aliphatic heterocycles. The highest BCUT2D eigenvalue weighted by atomic mass is 35.5. The van der Waals surface area contributed by atoms with E-state index in [-0.39, 0.29) is 16.7 Å². The van der Waals surface area contributed by atoms with Crippen molar-refractivity contribution in [2.75, 3.05) is 7.05 Å². The highest BCUT2D eigenvalue weighted by Crippen LogP contribution is 2.65. The standard InChI is InChI=1S/C26H32ClNO2/c1-25-13-11-23(29)28(3)22(25)9-8-18-19(25)10-12-26(2)20(18)15-17(24(26)30)14-16-6-4-5-7-21(16)27/h4-7,11,13-14,18-20,22,24,30H,8-10,12,15H2,1-3H3/b17-14+/t18-,19+,20+,22-,24+,25-,26+/m1/s1. The summed E-state index contributed by atoms with van der Waals surface area (Å²) in [7, 11) is 1.96. The van der Waals surface area contributed by atoms with Gasteiger partial charge in [0.25, 0.3) is 0 Å². The Morgan fingerprint density at radius 1 is 1.17 bits per heavy atom. The molecule has 3 fully saturated rings. The molecule has 0 saturated heterocycles. The van der Waals surface area contributed by atoms with Gasteiger partial charge in [0.05, 0.1) is 6.10 Å². The highest BCUT2D eigenvalue weighted by Gasteiger charge is 2.61. The average Bonchev–Trinajstić information content (AvgIpc) is 2.98. The zero-order chi connectivity index (χ0) is 21.3. The number of likely N-dealkylation sites (N-methyl/N-ethyl adjacent to an activating group) is 1. The topological polar surface area (TPSA) is 40.5 Å². The van der Waals surface area contributed by atoms with Gasteiger partial charge in [-0.15, -0.1) is 0 Å². The second-order valence-electron chi connectivity index (χ2n) is 10.5. The number of rotatable bonds is 1. The Balaban J connectivity index is 1.49. The van der Waals surface area contributed by atoms with Gasteiger partial charge in [0.1, 0.15) is 0 Å². The van der Waals surface area contributed by atoms with E-state index in [1.807, 2.05) is 36.2 Å². The Hall–Kier alpha value is -1.58. The number of carbonyl (C=O) groups excluding carboxylic acids is 1. The van der Waals surface area contributed by atoms with Crippen LogP contribution in [-0.4, -0.2) is 35.1 Å². The SMILES string of the molecule is CN1C(=O)C=C[C@]2(C)[C@H]3CC[C@]4(C)[C@@H](O)/C(=C/c5ccccc5Cl)C[C@H]4[C@@H]3CC[C@@H]12. The lowest BCUT2D eigenvalue weighted by molar-refractivity contribution is -0.140. The van der Waals surface area contributed by atoms with Gasteiger partial charge in [0, 0.05) is 28.9 Å². The smallest absolute Gasteiger partial charge is 0.246 e. The van der Waals surface area contributed by atoms with Gasteiger partial charge in [-0.2, -0.15) is 0 Å². The fourth-order valence-corrected chi connectivity index (χ4v) is 7.72. The summed E-state index contributed by atoms with van der Waals surface area (Å²) in [6, 6.07) is 8.18. The molecular formula is C26H32ClNO2. The van der Waals surface area contributed by atoms with E-state index in [1.54, 1.807) is 6.08 Å². The molecule has 0 aromatic heterocycles. The van der Waals surface area contributed by atoms with Crippen LogP contribution in [0.3, 0.4) is 0 Å². The van der Waals surface area contributed by atoms with Crippen molar-refractivity contribution >= 4 is 23.6 Å². The van der Waals surface area contributed by atoms with Crippen LogP contribution in [0.4, 0.5) is 0 Å². The van der Waals surface area contributed by atoms with Crippen molar-refractivity contribution in [2.45, 2.75) is 58.1 Å². The molecule has 160 valence electrons. The maximum atomic E-state index is 12.3. The first-order chi connectivity index (χ1) is 14.3. The summed E-state index contributed by atoms with van der Waals surface area (Å²) in [5.74, 6) is 1.77. The summed E-state index contributed by atoms with van der Waals surface area (Å²) in [5.41, 5.74) is 2.10. The molecule has 0 unspecified atom stereocenters. The summed E-state index contributed by atoms with van der Waals surface area (Å²) in [5, 5.41) is 12.1. The maximum absolute atomic E-state index is 12.3. The van der Waals surface area contributed by atoms with Gasteiger partial charge in [-0.3, -0.25) is 4.79 Å². The Kier molecular flexibility index (Phi) is 4.72. The molecule has 30 heavy (non-hydrogen) atoms. The second-order valence-corrected chi connectivity index (χ2v) is 10.9. The molecule has 1 heterocycles. The van der Waals surface area contributed by atoms with Crippen molar-refractivity contribution < 1.29 is 9.90 Å². The van der Waals surface area contributed by atoms with E-state index in [0.29, 0.717) is 23.8 Å². The van der Waals surface area contributed by atoms with Crippen LogP contribution in [0.5, 0.6) is 0 Å². The molecule has 5 rings (SSSR count). The second kappa shape index (κ2) is 6.97. The molecule has 3 nitrogen and oxygen atoms in total. The Morgan fingerprint density at radius 2 is 1.93 bits per heavy atom. The van der Waals surface area contributed by atoms with Gasteiger partial charge in [0.15, 0.2) is 0 Å². The Labute approximate surface area is 184 Å². The van der Waals surface area contributed by atoms with Gasteiger partial charge in [0.2, 0.25) is 5.91 Å². The zero-order valence-corrected chi connectivity index (χ0v) is 18.9. The van der Waals surface area contributed by atoms with Crippen molar-refractivity contribution in [3.8, 4) is 0 Å². The molecule has 3 saturated carbocycles. The van der Waals surface area contributed by atoms with Crippen LogP contribution in [-0.2, 0) is 4.79 Å². The van der Waals surface area contributed by atoms with Gasteiger partial charge in [-0.25, -0.2) is 0 Å². The van der Waals surface area contributed by atoms with E-state index in [4.69, 9.17) is 11.6 Å². The number of carbonyl (C=O) groups is 1. The van der Waals surface area contributed by atoms with Gasteiger partial charge >= 0.3 is 0 Å². The number of amides is 1. The molecule has 1 amide bonds. The first kappa shape index (κ1) is 20.3. The number of halogens is 1. The van der Waals surface area contributed by atoms with Crippen LogP contribution in [0, 0.1) is 28.6 Å². The number of hydrogen-bond acceptors (Lipinski definition) is 2. The van der Waals surface area contributed by atoms with Crippen LogP contribution in [0.1, 0.15) is 51.5 Å². The summed E-state index contributed by atoms with van der Waals surface area (Å²) in [6.45, 7) is 4.66. The first-order valence-electron chi connectivity index (χ1n) is 11.3. The summed E-state index contributed by atoms with van der Waals surface area (Å²) in [6.07, 6.45) is 11.0. The zero-order valence-electron chi connectivity index (χ0n) is 18.1. The van der Waals surface area contributed by atoms with Crippen LogP contribution < -0.4 is 0 Å². The molecular weight excluding hydrogens is 394 g/mol. The highest BCUT2D eigenvalue weighted by molar-refractivity contribution is 6.32. The van der Waals surface area contributed by atoms with Gasteiger partial charge < -0.3 is 10.0 Å². The van der Waals surface area contributed by atoms with E-state index in [2.05, 4.69) is 26.0 Å². The Bertz CT molecular complexity index is 939. The quantitative estimate of drug-likeness (QED) is 0.660. The normalized spacial score (nSPS) is 44.0. The lowest BCUT2D eigenvalue weighted by Gasteiger charge is -2.59. The van der Waals surface area contributed by atoms with Crippen LogP contribution in [0.25, 0.3) is 6.08 Å². The molecule has 4 heteroatoms. The van der Waals surface area contributed by atoms with Crippen LogP contribution in [0.15, 0.2) is 42.0 Å². The minimum atomic E-state index is -0.406. The number of aliphatic hydroxyl groups is 1. The average molecular weight is 426 g/mol. The maximum Gasteiger partial charge on any atom is 0.246 e. The van der Waals surface area contributed by atoms with E-state index < -0.39 is 6.10 Å². The third kappa shape index (κ3) is 2.78. The van der Waals surface area contributed by atoms with Crippen LogP contribution in [0.2, 0.25) is 5.02 Å². The number of aliphatic hydroxyl groups excluding tert-OH is 1. The van der Waals surface area contributed by atoms with E-state index in [9.17, 15) is 9.90 Å². The minimum Gasteiger partial charge on any atom is -0.388 e. The molecule has 0 bridgehead atoms. The number of benzene rings is 1. The molecule has 0 radical (unpaired) electrons. The van der Waals surface area contributed by atoms with E-state index in [1.165, 1.54) is 0 Å². The number of fused-ring (bicyclic) bond motifs is 5. The van der Waals surface area contributed by atoms with Gasteiger partial charge in [-0.05, 0) is 73.1 Å². The molecule has 4 aliphatic rings. The molecule has 0 spiro atoms. The lowest BCUT2D eigenvalue weighted by Crippen LogP contribution is -2.59. The monoisotopic (exact) mass is 425 g/mol. The van der Waals surface area contributed by atoms with Crippen molar-refractivity contribution in [3.63, 3.8) is 0 Å². The predicted octanol–water partition coefficient (Wildman–Crippen LogP) is 5.33. The first-order valence-corrected chi connectivity index (χ1v) is 11.7. The predicted molar refractivity (Wildman–Crippen MR) is 121 cm³/mol. The molecule has 1 aromatic carbocycles. The minimum absolute atomic E-state index is 0.0348. The third-order valence-corrected chi connectivity index (χ3v) is 9.59. The van der Waals surface area contributed by atoms with Crippen molar-refractivity contribution in [3.05, 3.63) is 52.6 Å². The molecule has 1 aromatic rings. The number of hydrogen-bond donors (Lipinski definition) is 1. The summed E-state index contributed by atoms with van der Waals surface area (Å²) < 4.78 is 0. The lowest BCUT2D eigenvalue weighted by atomic mass is 9.48.